The van der Waals surface area contributed by atoms with E-state index in [9.17, 15) is 14.7 Å². The number of ether oxygens (including phenoxy) is 2. The number of carbonyl (C=O) groups is 2. The Morgan fingerprint density at radius 2 is 1.93 bits per heavy atom. The molecule has 27 heavy (non-hydrogen) atoms. The third kappa shape index (κ3) is 4.13. The molecular weight excluding hydrogens is 348 g/mol. The van der Waals surface area contributed by atoms with Crippen LogP contribution in [0.3, 0.4) is 0 Å². The fraction of sp³-hybridized carbons (Fsp3) is 0.300. The van der Waals surface area contributed by atoms with Gasteiger partial charge in [0.1, 0.15) is 5.75 Å². The summed E-state index contributed by atoms with van der Waals surface area (Å²) < 4.78 is 10.2. The summed E-state index contributed by atoms with van der Waals surface area (Å²) in [6.07, 6.45) is 0.177. The van der Waals surface area contributed by atoms with E-state index >= 15 is 0 Å². The zero-order valence-electron chi connectivity index (χ0n) is 15.3. The second-order valence-corrected chi connectivity index (χ2v) is 6.33. The van der Waals surface area contributed by atoms with Gasteiger partial charge in [-0.2, -0.15) is 0 Å². The summed E-state index contributed by atoms with van der Waals surface area (Å²) in [5, 5.41) is 12.5. The number of hydrogen-bond acceptors (Lipinski definition) is 5. The van der Waals surface area contributed by atoms with Crippen LogP contribution in [0.25, 0.3) is 0 Å². The van der Waals surface area contributed by atoms with Gasteiger partial charge >= 0.3 is 0 Å². The van der Waals surface area contributed by atoms with Crippen molar-refractivity contribution < 1.29 is 24.2 Å². The molecule has 0 radical (unpaired) electrons. The summed E-state index contributed by atoms with van der Waals surface area (Å²) in [6.45, 7) is 0.637. The van der Waals surface area contributed by atoms with Crippen LogP contribution in [-0.4, -0.2) is 37.7 Å². The Bertz CT molecular complexity index is 835. The third-order valence-corrected chi connectivity index (χ3v) is 4.59. The minimum Gasteiger partial charge on any atom is -0.504 e. The summed E-state index contributed by atoms with van der Waals surface area (Å²) in [6, 6.07) is 12.1. The maximum absolute atomic E-state index is 12.5. The van der Waals surface area contributed by atoms with Crippen molar-refractivity contribution >= 4 is 17.5 Å². The van der Waals surface area contributed by atoms with Crippen LogP contribution in [0.5, 0.6) is 17.2 Å². The summed E-state index contributed by atoms with van der Waals surface area (Å²) in [5.41, 5.74) is 1.55. The van der Waals surface area contributed by atoms with Gasteiger partial charge in [0.15, 0.2) is 11.5 Å². The van der Waals surface area contributed by atoms with Crippen molar-refractivity contribution in [2.45, 2.75) is 13.0 Å². The first-order chi connectivity index (χ1) is 13.0. The maximum Gasteiger partial charge on any atom is 0.227 e. The molecule has 0 aromatic heterocycles. The number of anilines is 1. The van der Waals surface area contributed by atoms with Crippen LogP contribution in [0.2, 0.25) is 0 Å². The molecule has 1 saturated heterocycles. The lowest BCUT2D eigenvalue weighted by Gasteiger charge is -2.17. The van der Waals surface area contributed by atoms with Gasteiger partial charge in [-0.3, -0.25) is 9.59 Å². The van der Waals surface area contributed by atoms with Crippen molar-refractivity contribution in [3.8, 4) is 17.2 Å². The van der Waals surface area contributed by atoms with E-state index in [-0.39, 0.29) is 24.0 Å². The molecule has 1 heterocycles. The predicted molar refractivity (Wildman–Crippen MR) is 100.0 cm³/mol. The lowest BCUT2D eigenvalue weighted by atomic mass is 10.1. The van der Waals surface area contributed by atoms with E-state index in [0.717, 1.165) is 11.3 Å². The van der Waals surface area contributed by atoms with Crippen molar-refractivity contribution in [1.82, 2.24) is 5.32 Å². The van der Waals surface area contributed by atoms with Gasteiger partial charge in [0.2, 0.25) is 11.8 Å². The highest BCUT2D eigenvalue weighted by molar-refractivity contribution is 6.00. The van der Waals surface area contributed by atoms with Gasteiger partial charge in [0, 0.05) is 25.2 Å². The van der Waals surface area contributed by atoms with Crippen molar-refractivity contribution in [2.75, 3.05) is 25.7 Å². The molecular formula is C20H22N2O5. The van der Waals surface area contributed by atoms with Crippen LogP contribution >= 0.6 is 0 Å². The molecule has 1 fully saturated rings. The Hall–Kier alpha value is -3.22. The number of methoxy groups -OCH3 is 2. The monoisotopic (exact) mass is 370 g/mol. The molecule has 1 aliphatic heterocycles. The molecule has 0 bridgehead atoms. The molecule has 2 aromatic carbocycles. The Morgan fingerprint density at radius 3 is 2.59 bits per heavy atom. The van der Waals surface area contributed by atoms with E-state index in [0.29, 0.717) is 24.6 Å². The van der Waals surface area contributed by atoms with Crippen LogP contribution in [-0.2, 0) is 16.1 Å². The number of phenolic OH excluding ortho intramolecular Hbond substituents is 1. The molecule has 0 saturated carbocycles. The fourth-order valence-corrected chi connectivity index (χ4v) is 3.06. The second-order valence-electron chi connectivity index (χ2n) is 6.33. The predicted octanol–water partition coefficient (Wildman–Crippen LogP) is 2.08. The van der Waals surface area contributed by atoms with E-state index in [1.807, 2.05) is 0 Å². The van der Waals surface area contributed by atoms with Crippen molar-refractivity contribution in [3.63, 3.8) is 0 Å². The summed E-state index contributed by atoms with van der Waals surface area (Å²) in [5.74, 6) is 0.452. The number of hydrogen-bond donors (Lipinski definition) is 2. The van der Waals surface area contributed by atoms with Gasteiger partial charge in [-0.15, -0.1) is 0 Å². The average molecular weight is 370 g/mol. The van der Waals surface area contributed by atoms with Gasteiger partial charge < -0.3 is 24.8 Å². The molecule has 2 aromatic rings. The number of nitrogens with zero attached hydrogens (tertiary/aromatic N) is 1. The van der Waals surface area contributed by atoms with Crippen LogP contribution in [0.4, 0.5) is 5.69 Å². The number of carbonyl (C=O) groups excluding carboxylic acids is 2. The highest BCUT2D eigenvalue weighted by Gasteiger charge is 2.35. The van der Waals surface area contributed by atoms with E-state index in [1.54, 1.807) is 48.4 Å². The maximum atomic E-state index is 12.5. The molecule has 7 nitrogen and oxygen atoms in total. The minimum absolute atomic E-state index is 0.0455. The quantitative estimate of drug-likeness (QED) is 0.813. The third-order valence-electron chi connectivity index (χ3n) is 4.59. The zero-order chi connectivity index (χ0) is 19.4. The Kier molecular flexibility index (Phi) is 5.49. The molecule has 142 valence electrons. The second kappa shape index (κ2) is 7.99. The van der Waals surface area contributed by atoms with Crippen LogP contribution in [0.15, 0.2) is 42.5 Å². The first kappa shape index (κ1) is 18.6. The molecule has 2 N–H and O–H groups in total. The largest absolute Gasteiger partial charge is 0.504 e. The molecule has 1 atom stereocenters. The van der Waals surface area contributed by atoms with E-state index < -0.39 is 5.92 Å². The first-order valence-electron chi connectivity index (χ1n) is 8.60. The molecule has 2 amide bonds. The van der Waals surface area contributed by atoms with Gasteiger partial charge in [-0.1, -0.05) is 6.07 Å². The summed E-state index contributed by atoms with van der Waals surface area (Å²) >= 11 is 0. The molecule has 0 aliphatic carbocycles. The topological polar surface area (TPSA) is 88.1 Å². The molecule has 0 spiro atoms. The fourth-order valence-electron chi connectivity index (χ4n) is 3.06. The first-order valence-corrected chi connectivity index (χ1v) is 8.60. The van der Waals surface area contributed by atoms with Crippen LogP contribution in [0.1, 0.15) is 12.0 Å². The van der Waals surface area contributed by atoms with Gasteiger partial charge in [0.25, 0.3) is 0 Å². The summed E-state index contributed by atoms with van der Waals surface area (Å²) in [4.78, 5) is 26.4. The number of nitrogens with one attached hydrogen (secondary N) is 1. The SMILES string of the molecule is COc1ccc(N2CC(C(=O)NCc3ccc(O)c(OC)c3)CC2=O)cc1. The Balaban J connectivity index is 1.60. The highest BCUT2D eigenvalue weighted by atomic mass is 16.5. The van der Waals surface area contributed by atoms with Gasteiger partial charge in [0.05, 0.1) is 20.1 Å². The summed E-state index contributed by atoms with van der Waals surface area (Å²) in [7, 11) is 3.05. The number of rotatable bonds is 6. The van der Waals surface area contributed by atoms with Crippen LogP contribution < -0.4 is 19.7 Å². The number of phenols is 1. The van der Waals surface area contributed by atoms with Crippen molar-refractivity contribution in [3.05, 3.63) is 48.0 Å². The molecule has 1 aliphatic rings. The van der Waals surface area contributed by atoms with Crippen molar-refractivity contribution in [1.29, 1.82) is 0 Å². The lowest BCUT2D eigenvalue weighted by molar-refractivity contribution is -0.126. The molecule has 3 rings (SSSR count). The normalized spacial score (nSPS) is 16.3. The molecule has 1 unspecified atom stereocenters. The molecule has 7 heteroatoms. The van der Waals surface area contributed by atoms with Gasteiger partial charge in [-0.05, 0) is 42.0 Å². The van der Waals surface area contributed by atoms with E-state index in [2.05, 4.69) is 5.32 Å². The minimum atomic E-state index is -0.404. The number of aromatic hydroxyl groups is 1. The lowest BCUT2D eigenvalue weighted by Crippen LogP contribution is -2.32. The zero-order valence-corrected chi connectivity index (χ0v) is 15.3. The number of amides is 2. The number of benzene rings is 2. The van der Waals surface area contributed by atoms with Crippen LogP contribution in [0, 0.1) is 5.92 Å². The Morgan fingerprint density at radius 1 is 1.19 bits per heavy atom. The van der Waals surface area contributed by atoms with E-state index in [1.165, 1.54) is 13.2 Å². The van der Waals surface area contributed by atoms with Crippen molar-refractivity contribution in [2.24, 2.45) is 5.92 Å². The Labute approximate surface area is 157 Å². The average Bonchev–Trinajstić information content (AvgIpc) is 3.09. The van der Waals surface area contributed by atoms with Gasteiger partial charge in [-0.25, -0.2) is 0 Å². The standard InChI is InChI=1S/C20H22N2O5/c1-26-16-6-4-15(5-7-16)22-12-14(10-19(22)24)20(25)21-11-13-3-8-17(23)18(9-13)27-2/h3-9,14,23H,10-12H2,1-2H3,(H,21,25). The smallest absolute Gasteiger partial charge is 0.227 e. The highest BCUT2D eigenvalue weighted by Crippen LogP contribution is 2.28. The van der Waals surface area contributed by atoms with E-state index in [4.69, 9.17) is 9.47 Å².